The van der Waals surface area contributed by atoms with Gasteiger partial charge in [0.25, 0.3) is 5.69 Å². The van der Waals surface area contributed by atoms with Gasteiger partial charge in [-0.15, -0.1) is 17.1 Å². The number of nitrogens with zero attached hydrogens (tertiary/aromatic N) is 2. The zero-order valence-corrected chi connectivity index (χ0v) is 13.9. The van der Waals surface area contributed by atoms with Crippen LogP contribution in [0, 0.1) is 10.1 Å². The van der Waals surface area contributed by atoms with E-state index >= 15 is 0 Å². The van der Waals surface area contributed by atoms with Crippen LogP contribution in [0.15, 0.2) is 42.5 Å². The number of rotatable bonds is 6. The molecule has 0 spiro atoms. The molecule has 128 valence electrons. The highest BCUT2D eigenvalue weighted by atomic mass is 32.1. The van der Waals surface area contributed by atoms with E-state index < -0.39 is 4.92 Å². The Morgan fingerprint density at radius 3 is 2.80 bits per heavy atom. The standard InChI is InChI=1S/C17H15N3O4S/c21-14-6-5-12(20(23)24)9-11(14)10-18-16(22)7-8-17-19-13-3-1-2-4-15(13)25-17/h1-6,9,21H,7-8,10H2,(H,18,22)/p-1. The number of amides is 1. The summed E-state index contributed by atoms with van der Waals surface area (Å²) in [6, 6.07) is 11.2. The molecule has 0 aliphatic rings. The largest absolute Gasteiger partial charge is 0.872 e. The summed E-state index contributed by atoms with van der Waals surface area (Å²) in [6.45, 7) is -0.0286. The zero-order chi connectivity index (χ0) is 17.8. The van der Waals surface area contributed by atoms with E-state index in [1.165, 1.54) is 6.07 Å². The Kier molecular flexibility index (Phi) is 4.90. The number of carbonyl (C=O) groups is 1. The zero-order valence-electron chi connectivity index (χ0n) is 13.1. The fourth-order valence-corrected chi connectivity index (χ4v) is 3.31. The van der Waals surface area contributed by atoms with Gasteiger partial charge in [0.1, 0.15) is 0 Å². The molecule has 0 fully saturated rings. The van der Waals surface area contributed by atoms with Gasteiger partial charge in [-0.25, -0.2) is 4.98 Å². The molecule has 0 saturated carbocycles. The van der Waals surface area contributed by atoms with Gasteiger partial charge in [-0.2, -0.15) is 0 Å². The first-order valence-electron chi connectivity index (χ1n) is 7.58. The highest BCUT2D eigenvalue weighted by Crippen LogP contribution is 2.23. The van der Waals surface area contributed by atoms with Gasteiger partial charge in [-0.05, 0) is 17.7 Å². The summed E-state index contributed by atoms with van der Waals surface area (Å²) < 4.78 is 1.07. The normalized spacial score (nSPS) is 10.7. The average molecular weight is 356 g/mol. The summed E-state index contributed by atoms with van der Waals surface area (Å²) in [5.41, 5.74) is 0.941. The monoisotopic (exact) mass is 356 g/mol. The molecule has 25 heavy (non-hydrogen) atoms. The molecule has 0 radical (unpaired) electrons. The second-order valence-corrected chi connectivity index (χ2v) is 6.52. The van der Waals surface area contributed by atoms with Gasteiger partial charge in [0.05, 0.1) is 20.1 Å². The first-order valence-corrected chi connectivity index (χ1v) is 8.40. The number of aromatic nitrogens is 1. The minimum atomic E-state index is -0.572. The molecule has 1 N–H and O–H groups in total. The van der Waals surface area contributed by atoms with E-state index in [0.717, 1.165) is 27.4 Å². The number of hydrogen-bond acceptors (Lipinski definition) is 6. The van der Waals surface area contributed by atoms with Crippen molar-refractivity contribution < 1.29 is 14.8 Å². The van der Waals surface area contributed by atoms with E-state index in [1.807, 2.05) is 24.3 Å². The van der Waals surface area contributed by atoms with Gasteiger partial charge in [0, 0.05) is 31.5 Å². The van der Waals surface area contributed by atoms with Crippen LogP contribution >= 0.6 is 11.3 Å². The van der Waals surface area contributed by atoms with Gasteiger partial charge in [-0.3, -0.25) is 14.9 Å². The van der Waals surface area contributed by atoms with Crippen LogP contribution in [-0.4, -0.2) is 15.8 Å². The SMILES string of the molecule is O=C(CCc1nc2ccccc2s1)NCc1cc([N+](=O)[O-])ccc1[O-]. The number of thiazole rings is 1. The molecule has 1 aromatic heterocycles. The quantitative estimate of drug-likeness (QED) is 0.539. The van der Waals surface area contributed by atoms with E-state index in [0.29, 0.717) is 6.42 Å². The second kappa shape index (κ2) is 7.27. The lowest BCUT2D eigenvalue weighted by Crippen LogP contribution is -2.23. The minimum absolute atomic E-state index is 0.0286. The Morgan fingerprint density at radius 1 is 1.24 bits per heavy atom. The van der Waals surface area contributed by atoms with Crippen LogP contribution in [0.2, 0.25) is 0 Å². The molecule has 0 aliphatic carbocycles. The molecule has 0 atom stereocenters. The molecule has 3 aromatic rings. The summed E-state index contributed by atoms with van der Waals surface area (Å²) in [6.07, 6.45) is 0.743. The lowest BCUT2D eigenvalue weighted by Gasteiger charge is -2.13. The van der Waals surface area contributed by atoms with Gasteiger partial charge < -0.3 is 10.4 Å². The maximum absolute atomic E-state index is 12.0. The van der Waals surface area contributed by atoms with Crippen molar-refractivity contribution in [3.8, 4) is 5.75 Å². The van der Waals surface area contributed by atoms with Crippen LogP contribution < -0.4 is 10.4 Å². The smallest absolute Gasteiger partial charge is 0.269 e. The molecule has 1 amide bonds. The Morgan fingerprint density at radius 2 is 2.04 bits per heavy atom. The molecule has 8 heteroatoms. The molecule has 0 aliphatic heterocycles. The van der Waals surface area contributed by atoms with Crippen LogP contribution in [-0.2, 0) is 17.8 Å². The number of nitro benzene ring substituents is 1. The third-order valence-electron chi connectivity index (χ3n) is 3.64. The van der Waals surface area contributed by atoms with E-state index in [4.69, 9.17) is 0 Å². The van der Waals surface area contributed by atoms with E-state index in [2.05, 4.69) is 10.3 Å². The summed E-state index contributed by atoms with van der Waals surface area (Å²) in [5, 5.41) is 25.9. The number of aryl methyl sites for hydroxylation is 1. The van der Waals surface area contributed by atoms with Gasteiger partial charge >= 0.3 is 0 Å². The van der Waals surface area contributed by atoms with Crippen LogP contribution in [0.4, 0.5) is 5.69 Å². The van der Waals surface area contributed by atoms with Crippen molar-refractivity contribution in [1.82, 2.24) is 10.3 Å². The fraction of sp³-hybridized carbons (Fsp3) is 0.176. The summed E-state index contributed by atoms with van der Waals surface area (Å²) >= 11 is 1.55. The van der Waals surface area contributed by atoms with Gasteiger partial charge in [0.15, 0.2) is 0 Å². The van der Waals surface area contributed by atoms with Crippen LogP contribution in [0.1, 0.15) is 17.0 Å². The number of fused-ring (bicyclic) bond motifs is 1. The Bertz CT molecular complexity index is 906. The topological polar surface area (TPSA) is 108 Å². The minimum Gasteiger partial charge on any atom is -0.872 e. The van der Waals surface area contributed by atoms with Crippen molar-refractivity contribution in [2.45, 2.75) is 19.4 Å². The van der Waals surface area contributed by atoms with Crippen molar-refractivity contribution in [3.05, 3.63) is 63.1 Å². The van der Waals surface area contributed by atoms with Crippen LogP contribution in [0.25, 0.3) is 10.2 Å². The maximum Gasteiger partial charge on any atom is 0.269 e. The third kappa shape index (κ3) is 4.10. The Balaban J connectivity index is 1.56. The van der Waals surface area contributed by atoms with Crippen molar-refractivity contribution in [2.75, 3.05) is 0 Å². The number of para-hydroxylation sites is 1. The van der Waals surface area contributed by atoms with Gasteiger partial charge in [0.2, 0.25) is 5.91 Å². The van der Waals surface area contributed by atoms with Crippen molar-refractivity contribution in [2.24, 2.45) is 0 Å². The lowest BCUT2D eigenvalue weighted by atomic mass is 10.1. The molecular weight excluding hydrogens is 342 g/mol. The predicted octanol–water partition coefficient (Wildman–Crippen LogP) is 2.53. The second-order valence-electron chi connectivity index (χ2n) is 5.40. The predicted molar refractivity (Wildman–Crippen MR) is 92.3 cm³/mol. The molecule has 1 heterocycles. The van der Waals surface area contributed by atoms with E-state index in [9.17, 15) is 20.0 Å². The summed E-state index contributed by atoms with van der Waals surface area (Å²) in [7, 11) is 0. The molecule has 2 aromatic carbocycles. The Labute approximate surface area is 147 Å². The van der Waals surface area contributed by atoms with E-state index in [-0.39, 0.29) is 35.9 Å². The maximum atomic E-state index is 12.0. The molecule has 3 rings (SSSR count). The highest BCUT2D eigenvalue weighted by Gasteiger charge is 2.09. The molecule has 7 nitrogen and oxygen atoms in total. The first kappa shape index (κ1) is 16.8. The fourth-order valence-electron chi connectivity index (χ4n) is 2.35. The first-order chi connectivity index (χ1) is 12.0. The number of carbonyl (C=O) groups excluding carboxylic acids is 1. The van der Waals surface area contributed by atoms with Crippen molar-refractivity contribution >= 4 is 33.1 Å². The highest BCUT2D eigenvalue weighted by molar-refractivity contribution is 7.18. The third-order valence-corrected chi connectivity index (χ3v) is 4.73. The summed E-state index contributed by atoms with van der Waals surface area (Å²) in [4.78, 5) is 26.6. The number of benzene rings is 2. The molecule has 0 bridgehead atoms. The lowest BCUT2D eigenvalue weighted by molar-refractivity contribution is -0.385. The number of non-ortho nitro benzene ring substituents is 1. The Hall–Kier alpha value is -3.00. The van der Waals surface area contributed by atoms with Crippen molar-refractivity contribution in [3.63, 3.8) is 0 Å². The molecular formula is C17H14N3O4S-. The number of hydrogen-bond donors (Lipinski definition) is 1. The van der Waals surface area contributed by atoms with E-state index in [1.54, 1.807) is 11.3 Å². The molecule has 0 saturated heterocycles. The summed E-state index contributed by atoms with van der Waals surface area (Å²) in [5.74, 6) is -0.567. The van der Waals surface area contributed by atoms with Crippen LogP contribution in [0.3, 0.4) is 0 Å². The molecule has 0 unspecified atom stereocenters. The van der Waals surface area contributed by atoms with Crippen LogP contribution in [0.5, 0.6) is 5.75 Å². The number of nitro groups is 1. The van der Waals surface area contributed by atoms with Gasteiger partial charge in [-0.1, -0.05) is 18.2 Å². The number of nitrogens with one attached hydrogen (secondary N) is 1. The van der Waals surface area contributed by atoms with Crippen molar-refractivity contribution in [1.29, 1.82) is 0 Å². The average Bonchev–Trinajstić information content (AvgIpc) is 3.02.